The maximum absolute atomic E-state index is 7.23. The summed E-state index contributed by atoms with van der Waals surface area (Å²) in [7, 11) is 0. The van der Waals surface area contributed by atoms with Crippen LogP contribution in [0.5, 0.6) is 11.5 Å². The van der Waals surface area contributed by atoms with Crippen molar-refractivity contribution in [2.24, 2.45) is 0 Å². The number of benzene rings is 11. The molecule has 2 aliphatic carbocycles. The van der Waals surface area contributed by atoms with Gasteiger partial charge in [0.15, 0.2) is 5.75 Å². The molecule has 3 nitrogen and oxygen atoms in total. The Morgan fingerprint density at radius 1 is 0.300 bits per heavy atom. The summed E-state index contributed by atoms with van der Waals surface area (Å²) in [6, 6.07) is 90.7. The molecule has 3 aliphatic rings. The van der Waals surface area contributed by atoms with E-state index < -0.39 is 5.41 Å². The SMILES string of the molecule is c1ccc(-c2ccc(N(c3ccc4c(c3)-c3ccccc3-c3ccccc3C43c4ccccc4-c4cc5oc6ccccc6c5cc43)c3cccc4c3Oc3ccccc3-c3ccccc3-4)cc2)cc1. The predicted molar refractivity (Wildman–Crippen MR) is 287 cm³/mol. The fraction of sp³-hybridized carbons (Fsp3) is 0.0149. The molecular formula is C67H41NO2. The van der Waals surface area contributed by atoms with Gasteiger partial charge in [-0.3, -0.25) is 0 Å². The molecule has 1 unspecified atom stereocenters. The third kappa shape index (κ3) is 5.46. The zero-order valence-electron chi connectivity index (χ0n) is 37.9. The van der Waals surface area contributed by atoms with Crippen molar-refractivity contribution in [3.05, 3.63) is 271 Å². The number of ether oxygens (including phenoxy) is 1. The first-order valence-electron chi connectivity index (χ1n) is 24.1. The quantitative estimate of drug-likeness (QED) is 0.176. The highest BCUT2D eigenvalue weighted by atomic mass is 16.5. The lowest BCUT2D eigenvalue weighted by Crippen LogP contribution is -2.29. The molecule has 1 atom stereocenters. The second-order valence-electron chi connectivity index (χ2n) is 18.7. The minimum atomic E-state index is -0.676. The normalized spacial score (nSPS) is 14.5. The van der Waals surface area contributed by atoms with Gasteiger partial charge in [0.1, 0.15) is 16.9 Å². The van der Waals surface area contributed by atoms with Gasteiger partial charge in [0.25, 0.3) is 0 Å². The molecule has 3 heteroatoms. The van der Waals surface area contributed by atoms with E-state index in [9.17, 15) is 0 Å². The fourth-order valence-corrected chi connectivity index (χ4v) is 12.2. The average molecular weight is 892 g/mol. The van der Waals surface area contributed by atoms with Crippen LogP contribution in [0.15, 0.2) is 253 Å². The Labute approximate surface area is 405 Å². The number of rotatable bonds is 4. The summed E-state index contributed by atoms with van der Waals surface area (Å²) in [4.78, 5) is 2.40. The number of nitrogens with zero attached hydrogens (tertiary/aromatic N) is 1. The highest BCUT2D eigenvalue weighted by Crippen LogP contribution is 2.63. The van der Waals surface area contributed by atoms with E-state index in [0.717, 1.165) is 78.3 Å². The van der Waals surface area contributed by atoms with E-state index >= 15 is 0 Å². The van der Waals surface area contributed by atoms with Crippen LogP contribution in [0.2, 0.25) is 0 Å². The van der Waals surface area contributed by atoms with E-state index in [1.807, 2.05) is 0 Å². The molecule has 15 rings (SSSR count). The van der Waals surface area contributed by atoms with Crippen molar-refractivity contribution >= 4 is 39.0 Å². The molecular weight excluding hydrogens is 851 g/mol. The summed E-state index contributed by atoms with van der Waals surface area (Å²) in [5.41, 5.74) is 23.1. The molecule has 0 amide bonds. The Morgan fingerprint density at radius 3 is 1.59 bits per heavy atom. The van der Waals surface area contributed by atoms with E-state index in [1.165, 1.54) is 61.2 Å². The monoisotopic (exact) mass is 891 g/mol. The van der Waals surface area contributed by atoms with E-state index in [1.54, 1.807) is 0 Å². The van der Waals surface area contributed by atoms with Crippen LogP contribution in [-0.4, -0.2) is 0 Å². The largest absolute Gasteiger partial charge is 0.456 e. The lowest BCUT2D eigenvalue weighted by Gasteiger charge is -2.36. The first-order chi connectivity index (χ1) is 34.7. The van der Waals surface area contributed by atoms with Gasteiger partial charge in [-0.1, -0.05) is 194 Å². The van der Waals surface area contributed by atoms with Crippen molar-refractivity contribution in [2.45, 2.75) is 5.41 Å². The molecule has 1 aromatic heterocycles. The number of furan rings is 1. The smallest absolute Gasteiger partial charge is 0.159 e. The van der Waals surface area contributed by atoms with Crippen molar-refractivity contribution in [1.82, 2.24) is 0 Å². The number of hydrogen-bond acceptors (Lipinski definition) is 3. The van der Waals surface area contributed by atoms with Gasteiger partial charge in [-0.25, -0.2) is 0 Å². The summed E-state index contributed by atoms with van der Waals surface area (Å²) in [6.07, 6.45) is 0. The van der Waals surface area contributed by atoms with Crippen LogP contribution in [0.4, 0.5) is 17.1 Å². The second kappa shape index (κ2) is 14.9. The van der Waals surface area contributed by atoms with Gasteiger partial charge in [-0.05, 0) is 132 Å². The van der Waals surface area contributed by atoms with Gasteiger partial charge in [0.05, 0.1) is 11.1 Å². The van der Waals surface area contributed by atoms with Crippen molar-refractivity contribution in [3.63, 3.8) is 0 Å². The average Bonchev–Trinajstić information content (AvgIpc) is 3.84. The molecule has 11 aromatic carbocycles. The van der Waals surface area contributed by atoms with E-state index in [0.29, 0.717) is 0 Å². The molecule has 0 N–H and O–H groups in total. The zero-order valence-corrected chi connectivity index (χ0v) is 37.9. The fourth-order valence-electron chi connectivity index (χ4n) is 12.2. The molecule has 1 spiro atoms. The second-order valence-corrected chi connectivity index (χ2v) is 18.7. The van der Waals surface area contributed by atoms with Crippen molar-refractivity contribution in [2.75, 3.05) is 4.90 Å². The molecule has 0 fully saturated rings. The van der Waals surface area contributed by atoms with Crippen molar-refractivity contribution in [1.29, 1.82) is 0 Å². The molecule has 12 aromatic rings. The number of anilines is 3. The molecule has 0 saturated carbocycles. The number of hydrogen-bond donors (Lipinski definition) is 0. The van der Waals surface area contributed by atoms with Gasteiger partial charge >= 0.3 is 0 Å². The van der Waals surface area contributed by atoms with Crippen LogP contribution in [0.3, 0.4) is 0 Å². The lowest BCUT2D eigenvalue weighted by atomic mass is 9.65. The van der Waals surface area contributed by atoms with Gasteiger partial charge in [0, 0.05) is 33.3 Å². The predicted octanol–water partition coefficient (Wildman–Crippen LogP) is 18.2. The summed E-state index contributed by atoms with van der Waals surface area (Å²) in [6.45, 7) is 0. The van der Waals surface area contributed by atoms with Crippen molar-refractivity contribution in [3.8, 4) is 78.3 Å². The molecule has 1 aliphatic heterocycles. The number of para-hydroxylation sites is 3. The van der Waals surface area contributed by atoms with Gasteiger partial charge < -0.3 is 14.1 Å². The zero-order chi connectivity index (χ0) is 45.9. The minimum absolute atomic E-state index is 0.676. The third-order valence-electron chi connectivity index (χ3n) is 15.1. The number of fused-ring (bicyclic) bond motifs is 20. The molecule has 326 valence electrons. The van der Waals surface area contributed by atoms with Crippen molar-refractivity contribution < 1.29 is 9.15 Å². The summed E-state index contributed by atoms with van der Waals surface area (Å²) in [5, 5.41) is 2.24. The van der Waals surface area contributed by atoms with E-state index in [4.69, 9.17) is 9.15 Å². The van der Waals surface area contributed by atoms with Gasteiger partial charge in [0.2, 0.25) is 0 Å². The molecule has 0 radical (unpaired) electrons. The maximum atomic E-state index is 7.23. The molecule has 70 heavy (non-hydrogen) atoms. The first kappa shape index (κ1) is 38.9. The van der Waals surface area contributed by atoms with Crippen LogP contribution >= 0.6 is 0 Å². The van der Waals surface area contributed by atoms with Crippen LogP contribution in [0, 0.1) is 0 Å². The van der Waals surface area contributed by atoms with Crippen LogP contribution in [0.25, 0.3) is 88.7 Å². The van der Waals surface area contributed by atoms with Crippen LogP contribution < -0.4 is 9.64 Å². The van der Waals surface area contributed by atoms with Gasteiger partial charge in [-0.15, -0.1) is 0 Å². The van der Waals surface area contributed by atoms with E-state index in [2.05, 4.69) is 254 Å². The Morgan fingerprint density at radius 2 is 0.829 bits per heavy atom. The summed E-state index contributed by atoms with van der Waals surface area (Å²) < 4.78 is 13.8. The Hall–Kier alpha value is -9.18. The topological polar surface area (TPSA) is 25.6 Å². The summed E-state index contributed by atoms with van der Waals surface area (Å²) >= 11 is 0. The Kier molecular flexibility index (Phi) is 8.28. The van der Waals surface area contributed by atoms with E-state index in [-0.39, 0.29) is 0 Å². The highest BCUT2D eigenvalue weighted by Gasteiger charge is 2.50. The van der Waals surface area contributed by atoms with Gasteiger partial charge in [-0.2, -0.15) is 0 Å². The standard InChI is InChI=1S/C67H41NO2/c1-2-17-42(18-3-1)43-33-35-44(36-34-43)68(62-30-16-27-54-48-21-6-5-20-47(48)52-25-10-15-32-64(52)70-66(54)62)45-37-38-60-55(39-45)49-22-7-4-19-46(49)50-23-8-12-28-58(50)67(60)59-29-13-9-24-51(59)56-41-65-57(40-61(56)67)53-26-11-14-31-63(53)69-65/h1-41H. The lowest BCUT2D eigenvalue weighted by molar-refractivity contribution is 0.489. The van der Waals surface area contributed by atoms with Crippen LogP contribution in [-0.2, 0) is 5.41 Å². The third-order valence-corrected chi connectivity index (χ3v) is 15.1. The molecule has 0 bridgehead atoms. The maximum Gasteiger partial charge on any atom is 0.159 e. The summed E-state index contributed by atoms with van der Waals surface area (Å²) in [5.74, 6) is 1.63. The minimum Gasteiger partial charge on any atom is -0.456 e. The Balaban J connectivity index is 1.03. The molecule has 2 heterocycles. The Bertz CT molecular complexity index is 4110. The van der Waals surface area contributed by atoms with Crippen LogP contribution in [0.1, 0.15) is 22.3 Å². The highest BCUT2D eigenvalue weighted by molar-refractivity contribution is 6.09. The molecule has 0 saturated heterocycles. The first-order valence-corrected chi connectivity index (χ1v) is 24.1.